The number of rotatable bonds is 6. The molecule has 0 unspecified atom stereocenters. The first-order valence-corrected chi connectivity index (χ1v) is 6.54. The highest BCUT2D eigenvalue weighted by molar-refractivity contribution is 5.85. The van der Waals surface area contributed by atoms with Crippen LogP contribution in [-0.2, 0) is 6.42 Å². The predicted molar refractivity (Wildman–Crippen MR) is 92.2 cm³/mol. The lowest BCUT2D eigenvalue weighted by Crippen LogP contribution is -2.01. The summed E-state index contributed by atoms with van der Waals surface area (Å²) in [5, 5.41) is 0. The lowest BCUT2D eigenvalue weighted by atomic mass is 10.1. The van der Waals surface area contributed by atoms with Crippen molar-refractivity contribution in [2.45, 2.75) is 13.3 Å². The van der Waals surface area contributed by atoms with E-state index in [9.17, 15) is 0 Å². The fourth-order valence-electron chi connectivity index (χ4n) is 1.81. The van der Waals surface area contributed by atoms with Gasteiger partial charge in [-0.1, -0.05) is 30.3 Å². The highest BCUT2D eigenvalue weighted by atomic mass is 35.5. The van der Waals surface area contributed by atoms with Crippen molar-refractivity contribution in [3.05, 3.63) is 66.6 Å². The van der Waals surface area contributed by atoms with Crippen molar-refractivity contribution in [2.75, 3.05) is 13.2 Å². The summed E-state index contributed by atoms with van der Waals surface area (Å²) in [6.07, 6.45) is 0.888. The summed E-state index contributed by atoms with van der Waals surface area (Å²) in [7, 11) is 0. The Morgan fingerprint density at radius 3 is 2.14 bits per heavy atom. The molecule has 115 valence electrons. The van der Waals surface area contributed by atoms with Gasteiger partial charge in [-0.3, -0.25) is 0 Å². The van der Waals surface area contributed by atoms with Crippen molar-refractivity contribution >= 4 is 24.8 Å². The predicted octanol–water partition coefficient (Wildman–Crippen LogP) is 4.73. The van der Waals surface area contributed by atoms with Gasteiger partial charge < -0.3 is 9.47 Å². The van der Waals surface area contributed by atoms with E-state index in [1.54, 1.807) is 0 Å². The maximum atomic E-state index is 5.73. The zero-order valence-electron chi connectivity index (χ0n) is 12.1. The van der Waals surface area contributed by atoms with Crippen LogP contribution in [0.25, 0.3) is 0 Å². The van der Waals surface area contributed by atoms with E-state index in [1.165, 1.54) is 5.56 Å². The van der Waals surface area contributed by atoms with Crippen molar-refractivity contribution in [1.29, 1.82) is 0 Å². The third kappa shape index (κ3) is 6.74. The van der Waals surface area contributed by atoms with Crippen LogP contribution in [0.1, 0.15) is 18.1 Å². The van der Waals surface area contributed by atoms with Gasteiger partial charge in [-0.2, -0.15) is 0 Å². The standard InChI is InChI=1S/C17H19O2.2ClH/c1-3-18-16-5-4-6-17(13-16)19-12-11-15-9-7-14(2)8-10-15;;/h4-10,13H,2-3,11-12H2,1H3;2*1H. The van der Waals surface area contributed by atoms with Crippen LogP contribution in [0.3, 0.4) is 0 Å². The van der Waals surface area contributed by atoms with Gasteiger partial charge in [0.2, 0.25) is 0 Å². The average Bonchev–Trinajstić information content (AvgIpc) is 2.42. The van der Waals surface area contributed by atoms with Crippen molar-refractivity contribution in [1.82, 2.24) is 0 Å². The SMILES string of the molecule is Cl.Cl.[CH2]c1ccc(CCOc2cccc(OCC)c2)cc1. The van der Waals surface area contributed by atoms with E-state index in [1.807, 2.05) is 43.3 Å². The molecule has 2 rings (SSSR count). The average molecular weight is 328 g/mol. The van der Waals surface area contributed by atoms with Crippen LogP contribution < -0.4 is 9.47 Å². The van der Waals surface area contributed by atoms with E-state index in [0.717, 1.165) is 23.5 Å². The van der Waals surface area contributed by atoms with E-state index in [2.05, 4.69) is 19.1 Å². The molecule has 0 amide bonds. The Morgan fingerprint density at radius 1 is 0.905 bits per heavy atom. The summed E-state index contributed by atoms with van der Waals surface area (Å²) in [5.41, 5.74) is 2.29. The topological polar surface area (TPSA) is 18.5 Å². The summed E-state index contributed by atoms with van der Waals surface area (Å²) in [6, 6.07) is 16.0. The minimum atomic E-state index is 0. The molecule has 21 heavy (non-hydrogen) atoms. The molecule has 0 atom stereocenters. The maximum absolute atomic E-state index is 5.73. The molecule has 0 aliphatic rings. The summed E-state index contributed by atoms with van der Waals surface area (Å²) < 4.78 is 11.2. The molecule has 0 fully saturated rings. The first-order valence-electron chi connectivity index (χ1n) is 6.54. The molecule has 0 aliphatic carbocycles. The molecular weight excluding hydrogens is 307 g/mol. The van der Waals surface area contributed by atoms with Crippen molar-refractivity contribution < 1.29 is 9.47 Å². The zero-order valence-corrected chi connectivity index (χ0v) is 13.7. The Labute approximate surface area is 139 Å². The minimum Gasteiger partial charge on any atom is -0.494 e. The number of benzene rings is 2. The van der Waals surface area contributed by atoms with Crippen LogP contribution in [0.15, 0.2) is 48.5 Å². The van der Waals surface area contributed by atoms with Crippen LogP contribution in [-0.4, -0.2) is 13.2 Å². The second-order valence-electron chi connectivity index (χ2n) is 4.32. The highest BCUT2D eigenvalue weighted by Gasteiger charge is 1.98. The number of ether oxygens (including phenoxy) is 2. The van der Waals surface area contributed by atoms with E-state index < -0.39 is 0 Å². The minimum absolute atomic E-state index is 0. The molecule has 0 N–H and O–H groups in total. The van der Waals surface area contributed by atoms with E-state index >= 15 is 0 Å². The third-order valence-corrected chi connectivity index (χ3v) is 2.80. The largest absolute Gasteiger partial charge is 0.494 e. The van der Waals surface area contributed by atoms with Crippen LogP contribution >= 0.6 is 24.8 Å². The summed E-state index contributed by atoms with van der Waals surface area (Å²) in [6.45, 7) is 7.17. The zero-order chi connectivity index (χ0) is 13.5. The monoisotopic (exact) mass is 327 g/mol. The van der Waals surface area contributed by atoms with Gasteiger partial charge in [0.1, 0.15) is 11.5 Å². The molecule has 0 saturated carbocycles. The van der Waals surface area contributed by atoms with Gasteiger partial charge in [-0.25, -0.2) is 0 Å². The first-order chi connectivity index (χ1) is 9.28. The highest BCUT2D eigenvalue weighted by Crippen LogP contribution is 2.19. The first kappa shape index (κ1) is 19.6. The normalized spacial score (nSPS) is 9.24. The number of hydrogen-bond donors (Lipinski definition) is 0. The Bertz CT molecular complexity index is 512. The van der Waals surface area contributed by atoms with Gasteiger partial charge in [0.05, 0.1) is 13.2 Å². The second-order valence-corrected chi connectivity index (χ2v) is 4.32. The van der Waals surface area contributed by atoms with Crippen LogP contribution in [0.2, 0.25) is 0 Å². The van der Waals surface area contributed by atoms with Gasteiger partial charge in [0.25, 0.3) is 0 Å². The van der Waals surface area contributed by atoms with Gasteiger partial charge in [0, 0.05) is 12.5 Å². The molecule has 0 aromatic heterocycles. The smallest absolute Gasteiger partial charge is 0.122 e. The van der Waals surface area contributed by atoms with E-state index in [4.69, 9.17) is 9.47 Å². The number of halogens is 2. The van der Waals surface area contributed by atoms with Gasteiger partial charge in [-0.15, -0.1) is 24.8 Å². The van der Waals surface area contributed by atoms with E-state index in [0.29, 0.717) is 13.2 Å². The molecule has 0 spiro atoms. The van der Waals surface area contributed by atoms with Gasteiger partial charge in [0.15, 0.2) is 0 Å². The Balaban J connectivity index is 0.00000200. The molecule has 0 saturated heterocycles. The van der Waals surface area contributed by atoms with Crippen LogP contribution in [0.5, 0.6) is 11.5 Å². The van der Waals surface area contributed by atoms with Gasteiger partial charge in [-0.05, 0) is 37.1 Å². The number of hydrogen-bond acceptors (Lipinski definition) is 2. The lowest BCUT2D eigenvalue weighted by molar-refractivity contribution is 0.312. The fraction of sp³-hybridized carbons (Fsp3) is 0.235. The molecule has 2 nitrogen and oxygen atoms in total. The summed E-state index contributed by atoms with van der Waals surface area (Å²) in [5.74, 6) is 1.70. The Kier molecular flexibility index (Phi) is 9.68. The Morgan fingerprint density at radius 2 is 1.52 bits per heavy atom. The van der Waals surface area contributed by atoms with Crippen LogP contribution in [0, 0.1) is 6.92 Å². The maximum Gasteiger partial charge on any atom is 0.122 e. The van der Waals surface area contributed by atoms with Crippen LogP contribution in [0.4, 0.5) is 0 Å². The lowest BCUT2D eigenvalue weighted by Gasteiger charge is -2.08. The van der Waals surface area contributed by atoms with Crippen molar-refractivity contribution in [3.63, 3.8) is 0 Å². The van der Waals surface area contributed by atoms with Gasteiger partial charge >= 0.3 is 0 Å². The molecule has 2 aromatic rings. The van der Waals surface area contributed by atoms with E-state index in [-0.39, 0.29) is 24.8 Å². The molecule has 0 heterocycles. The quantitative estimate of drug-likeness (QED) is 0.763. The fourth-order valence-corrected chi connectivity index (χ4v) is 1.81. The third-order valence-electron chi connectivity index (χ3n) is 2.80. The molecule has 0 bridgehead atoms. The van der Waals surface area contributed by atoms with Crippen molar-refractivity contribution in [2.24, 2.45) is 0 Å². The molecule has 0 aliphatic heterocycles. The Hall–Kier alpha value is -1.38. The molecule has 4 heteroatoms. The second kappa shape index (κ2) is 10.4. The molecule has 2 aromatic carbocycles. The molecular formula is C17H21Cl2O2. The summed E-state index contributed by atoms with van der Waals surface area (Å²) >= 11 is 0. The summed E-state index contributed by atoms with van der Waals surface area (Å²) in [4.78, 5) is 0. The molecule has 1 radical (unpaired) electrons. The van der Waals surface area contributed by atoms with Crippen molar-refractivity contribution in [3.8, 4) is 11.5 Å².